The second-order valence-electron chi connectivity index (χ2n) is 15.0. The van der Waals surface area contributed by atoms with Crippen molar-refractivity contribution < 1.29 is 37.9 Å². The Kier molecular flexibility index (Phi) is 16.5. The molecule has 2 bridgehead atoms. The highest BCUT2D eigenvalue weighted by Gasteiger charge is 2.42. The number of hydrogen-bond acceptors (Lipinski definition) is 16. The van der Waals surface area contributed by atoms with Crippen LogP contribution in [0.2, 0.25) is 5.02 Å². The first kappa shape index (κ1) is 43.1. The lowest BCUT2D eigenvalue weighted by atomic mass is 9.89. The molecule has 3 atom stereocenters. The number of ether oxygens (including phenoxy) is 8. The maximum Gasteiger partial charge on any atom is 0.257 e. The van der Waals surface area contributed by atoms with Gasteiger partial charge in [0, 0.05) is 43.2 Å². The number of fused-ring (bicyclic) bond motifs is 2. The van der Waals surface area contributed by atoms with Gasteiger partial charge in [-0.25, -0.2) is 14.6 Å². The molecule has 1 N–H and O–H groups in total. The van der Waals surface area contributed by atoms with Crippen molar-refractivity contribution in [3.05, 3.63) is 48.1 Å². The minimum atomic E-state index is -0.222. The molecule has 0 amide bonds. The van der Waals surface area contributed by atoms with Gasteiger partial charge in [-0.2, -0.15) is 0 Å². The van der Waals surface area contributed by atoms with Gasteiger partial charge >= 0.3 is 0 Å². The summed E-state index contributed by atoms with van der Waals surface area (Å²) < 4.78 is 49.1. The Morgan fingerprint density at radius 3 is 2.07 bits per heavy atom. The Morgan fingerprint density at radius 2 is 1.42 bits per heavy atom. The predicted octanol–water partition coefficient (Wildman–Crippen LogP) is 4.63. The zero-order valence-electron chi connectivity index (χ0n) is 34.0. The number of hydrogen-bond donors (Lipinski definition) is 1. The molecule has 0 spiro atoms. The fourth-order valence-electron chi connectivity index (χ4n) is 7.95. The Morgan fingerprint density at radius 1 is 0.797 bits per heavy atom. The van der Waals surface area contributed by atoms with E-state index in [0.717, 1.165) is 50.0 Å². The van der Waals surface area contributed by atoms with E-state index in [1.165, 1.54) is 12.8 Å². The molecule has 0 unspecified atom stereocenters. The lowest BCUT2D eigenvalue weighted by Crippen LogP contribution is -2.52. The lowest BCUT2D eigenvalue weighted by Gasteiger charge is -2.43. The maximum absolute atomic E-state index is 6.50. The van der Waals surface area contributed by atoms with Gasteiger partial charge in [-0.1, -0.05) is 17.7 Å². The van der Waals surface area contributed by atoms with Gasteiger partial charge in [0.1, 0.15) is 30.5 Å². The summed E-state index contributed by atoms with van der Waals surface area (Å²) in [6.45, 7) is 8.92. The molecule has 59 heavy (non-hydrogen) atoms. The SMILES string of the molecule is COCCOCCOCCOCCOCCOc1nn([C@H]2CC[C@H](N3[C@@H]4CC[C@H]3COC4)CC2)cc1Nc1ncc(-c2ccc(Cl)c(O[C@@H](C)Cn3cnnn3)c2)cn1. The minimum absolute atomic E-state index is 0.222. The van der Waals surface area contributed by atoms with Crippen molar-refractivity contribution in [3.63, 3.8) is 0 Å². The molecule has 18 nitrogen and oxygen atoms in total. The molecule has 1 saturated carbocycles. The first-order valence-electron chi connectivity index (χ1n) is 20.7. The molecular weight excluding hydrogens is 784 g/mol. The Hall–Kier alpha value is -4.01. The van der Waals surface area contributed by atoms with Crippen molar-refractivity contribution in [1.82, 2.24) is 44.9 Å². The van der Waals surface area contributed by atoms with Gasteiger partial charge in [0.25, 0.3) is 5.88 Å². The number of nitrogens with zero attached hydrogens (tertiary/aromatic N) is 9. The van der Waals surface area contributed by atoms with E-state index in [1.54, 1.807) is 36.6 Å². The van der Waals surface area contributed by atoms with Crippen LogP contribution in [0.5, 0.6) is 11.6 Å². The average Bonchev–Trinajstić information content (AvgIpc) is 3.98. The van der Waals surface area contributed by atoms with Gasteiger partial charge in [-0.3, -0.25) is 9.58 Å². The van der Waals surface area contributed by atoms with Crippen molar-refractivity contribution in [2.45, 2.75) is 82.3 Å². The third-order valence-corrected chi connectivity index (χ3v) is 11.1. The smallest absolute Gasteiger partial charge is 0.257 e. The van der Waals surface area contributed by atoms with Gasteiger partial charge in [0.05, 0.1) is 96.5 Å². The normalized spacial score (nSPS) is 21.1. The Balaban J connectivity index is 0.920. The van der Waals surface area contributed by atoms with E-state index in [0.29, 0.717) is 119 Å². The fraction of sp³-hybridized carbons (Fsp3) is 0.650. The highest BCUT2D eigenvalue weighted by molar-refractivity contribution is 6.32. The van der Waals surface area contributed by atoms with Crippen LogP contribution in [0.1, 0.15) is 51.5 Å². The molecule has 19 heteroatoms. The highest BCUT2D eigenvalue weighted by atomic mass is 35.5. The number of rotatable bonds is 25. The van der Waals surface area contributed by atoms with E-state index in [1.807, 2.05) is 29.9 Å². The van der Waals surface area contributed by atoms with Crippen LogP contribution in [0.3, 0.4) is 0 Å². The molecule has 4 aromatic rings. The maximum atomic E-state index is 6.50. The highest BCUT2D eigenvalue weighted by Crippen LogP contribution is 2.39. The molecule has 2 saturated heterocycles. The number of nitrogens with one attached hydrogen (secondary N) is 1. The number of tetrazole rings is 1. The summed E-state index contributed by atoms with van der Waals surface area (Å²) >= 11 is 6.50. The molecule has 2 aliphatic heterocycles. The average molecular weight is 841 g/mol. The summed E-state index contributed by atoms with van der Waals surface area (Å²) in [5, 5.41) is 20.1. The zero-order chi connectivity index (χ0) is 40.7. The van der Waals surface area contributed by atoms with Crippen LogP contribution in [0.4, 0.5) is 11.6 Å². The van der Waals surface area contributed by atoms with Gasteiger partial charge in [0.2, 0.25) is 5.95 Å². The second-order valence-corrected chi connectivity index (χ2v) is 15.4. The summed E-state index contributed by atoms with van der Waals surface area (Å²) in [7, 11) is 1.65. The topological polar surface area (TPSA) is 176 Å². The van der Waals surface area contributed by atoms with Crippen molar-refractivity contribution in [1.29, 1.82) is 0 Å². The monoisotopic (exact) mass is 840 g/mol. The number of halogens is 1. The predicted molar refractivity (Wildman–Crippen MR) is 217 cm³/mol. The van der Waals surface area contributed by atoms with Crippen LogP contribution in [0.15, 0.2) is 43.1 Å². The van der Waals surface area contributed by atoms with Crippen LogP contribution >= 0.6 is 11.6 Å². The van der Waals surface area contributed by atoms with E-state index in [4.69, 9.17) is 54.6 Å². The zero-order valence-corrected chi connectivity index (χ0v) is 34.8. The molecule has 1 aromatic carbocycles. The molecule has 7 rings (SSSR count). The Labute approximate surface area is 350 Å². The molecular formula is C40H57ClN10O8. The largest absolute Gasteiger partial charge is 0.487 e. The van der Waals surface area contributed by atoms with E-state index < -0.39 is 0 Å². The fourth-order valence-corrected chi connectivity index (χ4v) is 8.11. The third kappa shape index (κ3) is 12.5. The van der Waals surface area contributed by atoms with Crippen molar-refractivity contribution in [2.75, 3.05) is 91.7 Å². The quantitative estimate of drug-likeness (QED) is 0.0914. The van der Waals surface area contributed by atoms with Crippen molar-refractivity contribution >= 4 is 23.2 Å². The van der Waals surface area contributed by atoms with Gasteiger partial charge in [0.15, 0.2) is 0 Å². The molecule has 3 fully saturated rings. The van der Waals surface area contributed by atoms with Crippen molar-refractivity contribution in [3.8, 4) is 22.8 Å². The first-order chi connectivity index (χ1) is 29.0. The van der Waals surface area contributed by atoms with Crippen LogP contribution in [-0.2, 0) is 35.0 Å². The summed E-state index contributed by atoms with van der Waals surface area (Å²) in [6.07, 6.45) is 13.7. The van der Waals surface area contributed by atoms with Crippen LogP contribution in [0.25, 0.3) is 11.1 Å². The van der Waals surface area contributed by atoms with Crippen LogP contribution in [-0.4, -0.2) is 155 Å². The van der Waals surface area contributed by atoms with Gasteiger partial charge in [-0.05, 0) is 73.6 Å². The van der Waals surface area contributed by atoms with Crippen molar-refractivity contribution in [2.24, 2.45) is 0 Å². The van der Waals surface area contributed by atoms with E-state index in [2.05, 4.69) is 35.7 Å². The van der Waals surface area contributed by atoms with E-state index >= 15 is 0 Å². The third-order valence-electron chi connectivity index (χ3n) is 10.8. The number of methoxy groups -OCH3 is 1. The molecule has 1 aliphatic carbocycles. The molecule has 322 valence electrons. The lowest BCUT2D eigenvalue weighted by molar-refractivity contribution is -0.0458. The standard InChI is InChI=1S/C40H57ClN10O8/c1-29(24-49-28-44-47-48-49)59-38-21-30(3-10-36(38)41)31-22-42-40(43-23-31)45-37-25-50(32-4-6-33(7-5-32)51-34-8-9-35(51)27-57-26-34)46-39(37)58-20-19-56-18-17-55-16-15-54-14-13-53-12-11-52-2/h3,10,21-23,25,28-29,32-35H,4-9,11-20,24,26-27H2,1-2H3,(H,42,43,45)/t29-,32-,33-,34-,35+/m0/s1. The number of morpholine rings is 1. The summed E-state index contributed by atoms with van der Waals surface area (Å²) in [4.78, 5) is 12.1. The molecule has 5 heterocycles. The van der Waals surface area contributed by atoms with E-state index in [9.17, 15) is 0 Å². The van der Waals surface area contributed by atoms with Gasteiger partial charge in [-0.15, -0.1) is 10.2 Å². The minimum Gasteiger partial charge on any atom is -0.487 e. The second kappa shape index (κ2) is 22.6. The van der Waals surface area contributed by atoms with Crippen LogP contribution < -0.4 is 14.8 Å². The number of anilines is 2. The first-order valence-corrected chi connectivity index (χ1v) is 21.0. The van der Waals surface area contributed by atoms with E-state index in [-0.39, 0.29) is 12.1 Å². The molecule has 3 aliphatic rings. The molecule has 0 radical (unpaired) electrons. The summed E-state index contributed by atoms with van der Waals surface area (Å²) in [6, 6.07) is 7.60. The summed E-state index contributed by atoms with van der Waals surface area (Å²) in [5.41, 5.74) is 2.36. The Bertz CT molecular complexity index is 1800. The van der Waals surface area contributed by atoms with Gasteiger partial charge < -0.3 is 43.2 Å². The summed E-state index contributed by atoms with van der Waals surface area (Å²) in [5.74, 6) is 1.44. The number of benzene rings is 1. The molecule has 3 aromatic heterocycles. The number of aromatic nitrogens is 8. The van der Waals surface area contributed by atoms with Crippen LogP contribution in [0, 0.1) is 0 Å².